The third-order valence-corrected chi connectivity index (χ3v) is 7.16. The summed E-state index contributed by atoms with van der Waals surface area (Å²) in [5, 5.41) is 5.03. The van der Waals surface area contributed by atoms with Gasteiger partial charge in [0.1, 0.15) is 6.61 Å². The van der Waals surface area contributed by atoms with Crippen molar-refractivity contribution in [2.75, 3.05) is 11.9 Å². The normalized spacial score (nSPS) is 12.7. The van der Waals surface area contributed by atoms with Gasteiger partial charge in [0, 0.05) is 47.0 Å². The SMILES string of the molecule is Cc1c(NC(=O)c2ccnc(OCc3ccccc3)c2)cccc1C(=O)N1CCc2sccc2C1. The maximum atomic E-state index is 13.3. The molecular weight excluding hydrogens is 458 g/mol. The largest absolute Gasteiger partial charge is 0.473 e. The molecule has 0 unspecified atom stereocenters. The Bertz CT molecular complexity index is 1370. The fourth-order valence-corrected chi connectivity index (χ4v) is 5.04. The number of pyridine rings is 1. The number of thiophene rings is 1. The molecule has 0 bridgehead atoms. The molecule has 2 aromatic heterocycles. The average molecular weight is 484 g/mol. The van der Waals surface area contributed by atoms with E-state index in [0.717, 1.165) is 17.5 Å². The standard InChI is InChI=1S/C28H25N3O3S/c1-19-23(28(33)31-14-11-25-22(17-31)12-15-35-25)8-5-9-24(19)30-27(32)21-10-13-29-26(16-21)34-18-20-6-3-2-4-7-20/h2-10,12-13,15-16H,11,14,17-18H2,1H3,(H,30,32). The molecule has 0 aliphatic carbocycles. The number of fused-ring (bicyclic) bond motifs is 1. The molecule has 1 aliphatic rings. The first-order valence-corrected chi connectivity index (χ1v) is 12.3. The molecule has 6 nitrogen and oxygen atoms in total. The van der Waals surface area contributed by atoms with Crippen molar-refractivity contribution in [3.63, 3.8) is 0 Å². The van der Waals surface area contributed by atoms with E-state index in [4.69, 9.17) is 4.74 Å². The van der Waals surface area contributed by atoms with E-state index in [1.165, 1.54) is 10.4 Å². The molecule has 0 saturated carbocycles. The fourth-order valence-electron chi connectivity index (χ4n) is 4.15. The van der Waals surface area contributed by atoms with Gasteiger partial charge < -0.3 is 15.0 Å². The van der Waals surface area contributed by atoms with Gasteiger partial charge in [-0.25, -0.2) is 4.98 Å². The number of amides is 2. The van der Waals surface area contributed by atoms with Crippen molar-refractivity contribution < 1.29 is 14.3 Å². The third kappa shape index (κ3) is 5.10. The van der Waals surface area contributed by atoms with Crippen LogP contribution in [0, 0.1) is 6.92 Å². The molecule has 0 radical (unpaired) electrons. The molecule has 2 amide bonds. The van der Waals surface area contributed by atoms with Crippen LogP contribution in [-0.2, 0) is 19.6 Å². The molecule has 1 aliphatic heterocycles. The minimum atomic E-state index is -0.287. The lowest BCUT2D eigenvalue weighted by molar-refractivity contribution is 0.0735. The van der Waals surface area contributed by atoms with Crippen molar-refractivity contribution in [2.45, 2.75) is 26.5 Å². The highest BCUT2D eigenvalue weighted by Crippen LogP contribution is 2.27. The van der Waals surface area contributed by atoms with Gasteiger partial charge in [-0.3, -0.25) is 9.59 Å². The molecule has 3 heterocycles. The summed E-state index contributed by atoms with van der Waals surface area (Å²) in [6.07, 6.45) is 2.43. The minimum absolute atomic E-state index is 0.0176. The van der Waals surface area contributed by atoms with Gasteiger partial charge in [-0.05, 0) is 59.7 Å². The number of hydrogen-bond acceptors (Lipinski definition) is 5. The number of ether oxygens (including phenoxy) is 1. The lowest BCUT2D eigenvalue weighted by Crippen LogP contribution is -2.35. The lowest BCUT2D eigenvalue weighted by atomic mass is 10.0. The summed E-state index contributed by atoms with van der Waals surface area (Å²) in [7, 11) is 0. The maximum Gasteiger partial charge on any atom is 0.255 e. The molecule has 7 heteroatoms. The molecule has 5 rings (SSSR count). The highest BCUT2D eigenvalue weighted by Gasteiger charge is 2.24. The molecule has 1 N–H and O–H groups in total. The van der Waals surface area contributed by atoms with Crippen LogP contribution in [0.25, 0.3) is 0 Å². The first kappa shape index (κ1) is 22.8. The summed E-state index contributed by atoms with van der Waals surface area (Å²) in [5.74, 6) is 0.0709. The fraction of sp³-hybridized carbons (Fsp3) is 0.179. The number of benzene rings is 2. The smallest absolute Gasteiger partial charge is 0.255 e. The molecule has 0 saturated heterocycles. The minimum Gasteiger partial charge on any atom is -0.473 e. The van der Waals surface area contributed by atoms with Crippen molar-refractivity contribution >= 4 is 28.8 Å². The van der Waals surface area contributed by atoms with Crippen LogP contribution in [0.4, 0.5) is 5.69 Å². The van der Waals surface area contributed by atoms with E-state index in [0.29, 0.717) is 42.4 Å². The zero-order chi connectivity index (χ0) is 24.2. The van der Waals surface area contributed by atoms with Gasteiger partial charge >= 0.3 is 0 Å². The number of carbonyl (C=O) groups is 2. The number of aromatic nitrogens is 1. The van der Waals surface area contributed by atoms with E-state index in [1.807, 2.05) is 54.3 Å². The second kappa shape index (κ2) is 10.1. The quantitative estimate of drug-likeness (QED) is 0.394. The Morgan fingerprint density at radius 3 is 2.80 bits per heavy atom. The summed E-state index contributed by atoms with van der Waals surface area (Å²) in [5.41, 5.74) is 4.63. The Kier molecular flexibility index (Phi) is 6.59. The summed E-state index contributed by atoms with van der Waals surface area (Å²) in [6, 6.07) is 20.6. The third-order valence-electron chi connectivity index (χ3n) is 6.13. The van der Waals surface area contributed by atoms with Crippen molar-refractivity contribution in [1.29, 1.82) is 0 Å². The van der Waals surface area contributed by atoms with Crippen LogP contribution < -0.4 is 10.1 Å². The van der Waals surface area contributed by atoms with E-state index in [1.54, 1.807) is 35.7 Å². The van der Waals surface area contributed by atoms with Crippen LogP contribution in [0.2, 0.25) is 0 Å². The monoisotopic (exact) mass is 483 g/mol. The number of nitrogens with one attached hydrogen (secondary N) is 1. The maximum absolute atomic E-state index is 13.3. The summed E-state index contributed by atoms with van der Waals surface area (Å²) >= 11 is 1.75. The van der Waals surface area contributed by atoms with Gasteiger partial charge in [0.2, 0.25) is 5.88 Å². The van der Waals surface area contributed by atoms with Gasteiger partial charge in [0.25, 0.3) is 11.8 Å². The number of hydrogen-bond donors (Lipinski definition) is 1. The van der Waals surface area contributed by atoms with Gasteiger partial charge in [-0.2, -0.15) is 0 Å². The van der Waals surface area contributed by atoms with E-state index in [2.05, 4.69) is 21.7 Å². The number of nitrogens with zero attached hydrogens (tertiary/aromatic N) is 2. The number of rotatable bonds is 6. The van der Waals surface area contributed by atoms with Crippen molar-refractivity contribution in [2.24, 2.45) is 0 Å². The Morgan fingerprint density at radius 2 is 1.94 bits per heavy atom. The van der Waals surface area contributed by atoms with Crippen LogP contribution in [0.3, 0.4) is 0 Å². The molecule has 176 valence electrons. The predicted molar refractivity (Wildman–Crippen MR) is 137 cm³/mol. The Morgan fingerprint density at radius 1 is 1.09 bits per heavy atom. The zero-order valence-corrected chi connectivity index (χ0v) is 20.2. The predicted octanol–water partition coefficient (Wildman–Crippen LogP) is 5.48. The second-order valence-electron chi connectivity index (χ2n) is 8.44. The Hall–Kier alpha value is -3.97. The lowest BCUT2D eigenvalue weighted by Gasteiger charge is -2.28. The average Bonchev–Trinajstić information content (AvgIpc) is 3.37. The molecule has 2 aromatic carbocycles. The van der Waals surface area contributed by atoms with Gasteiger partial charge in [-0.15, -0.1) is 11.3 Å². The van der Waals surface area contributed by atoms with Crippen LogP contribution >= 0.6 is 11.3 Å². The van der Waals surface area contributed by atoms with Crippen LogP contribution in [0.15, 0.2) is 78.3 Å². The van der Waals surface area contributed by atoms with E-state index in [-0.39, 0.29) is 11.8 Å². The molecule has 0 atom stereocenters. The van der Waals surface area contributed by atoms with Crippen LogP contribution in [-0.4, -0.2) is 28.2 Å². The first-order chi connectivity index (χ1) is 17.1. The summed E-state index contributed by atoms with van der Waals surface area (Å²) in [4.78, 5) is 33.7. The van der Waals surface area contributed by atoms with Crippen LogP contribution in [0.1, 0.15) is 42.3 Å². The second-order valence-corrected chi connectivity index (χ2v) is 9.44. The van der Waals surface area contributed by atoms with Crippen molar-refractivity contribution in [3.05, 3.63) is 111 Å². The topological polar surface area (TPSA) is 71.5 Å². The highest BCUT2D eigenvalue weighted by atomic mass is 32.1. The van der Waals surface area contributed by atoms with Crippen molar-refractivity contribution in [3.8, 4) is 5.88 Å². The first-order valence-electron chi connectivity index (χ1n) is 11.5. The van der Waals surface area contributed by atoms with E-state index in [9.17, 15) is 9.59 Å². The summed E-state index contributed by atoms with van der Waals surface area (Å²) in [6.45, 7) is 3.55. The van der Waals surface area contributed by atoms with Crippen molar-refractivity contribution in [1.82, 2.24) is 9.88 Å². The molecule has 0 spiro atoms. The van der Waals surface area contributed by atoms with E-state index >= 15 is 0 Å². The van der Waals surface area contributed by atoms with Crippen LogP contribution in [0.5, 0.6) is 5.88 Å². The zero-order valence-electron chi connectivity index (χ0n) is 19.4. The van der Waals surface area contributed by atoms with E-state index < -0.39 is 0 Å². The molecule has 0 fully saturated rings. The number of anilines is 1. The molecular formula is C28H25N3O3S. The van der Waals surface area contributed by atoms with Gasteiger partial charge in [-0.1, -0.05) is 36.4 Å². The summed E-state index contributed by atoms with van der Waals surface area (Å²) < 4.78 is 5.75. The van der Waals surface area contributed by atoms with Gasteiger partial charge in [0.15, 0.2) is 0 Å². The Labute approximate surface area is 208 Å². The highest BCUT2D eigenvalue weighted by molar-refractivity contribution is 7.10. The number of carbonyl (C=O) groups excluding carboxylic acids is 2. The molecule has 4 aromatic rings. The Balaban J connectivity index is 1.28. The molecule has 35 heavy (non-hydrogen) atoms. The van der Waals surface area contributed by atoms with Gasteiger partial charge in [0.05, 0.1) is 0 Å².